The number of rotatable bonds is 2. The Morgan fingerprint density at radius 2 is 2.18 bits per heavy atom. The Hall–Kier alpha value is -1.09. The molecule has 2 rings (SSSR count). The van der Waals surface area contributed by atoms with Crippen molar-refractivity contribution in [2.24, 2.45) is 11.7 Å². The molecule has 3 nitrogen and oxygen atoms in total. The van der Waals surface area contributed by atoms with Gasteiger partial charge in [-0.15, -0.1) is 0 Å². The lowest BCUT2D eigenvalue weighted by molar-refractivity contribution is 0.363. The third kappa shape index (κ3) is 2.60. The van der Waals surface area contributed by atoms with Crippen molar-refractivity contribution >= 4 is 5.69 Å². The van der Waals surface area contributed by atoms with E-state index in [1.165, 1.54) is 18.5 Å². The second-order valence-corrected chi connectivity index (χ2v) is 5.28. The van der Waals surface area contributed by atoms with Gasteiger partial charge in [0.1, 0.15) is 0 Å². The fraction of sp³-hybridized carbons (Fsp3) is 0.643. The van der Waals surface area contributed by atoms with Gasteiger partial charge in [0.15, 0.2) is 0 Å². The smallest absolute Gasteiger partial charge is 0.0569 e. The summed E-state index contributed by atoms with van der Waals surface area (Å²) in [5, 5.41) is 0. The Bertz CT molecular complexity index is 358. The average molecular weight is 233 g/mol. The fourth-order valence-corrected chi connectivity index (χ4v) is 2.54. The lowest BCUT2D eigenvalue weighted by Crippen LogP contribution is -2.42. The van der Waals surface area contributed by atoms with Crippen LogP contribution in [0.2, 0.25) is 0 Å². The molecule has 1 saturated heterocycles. The molecule has 0 aromatic carbocycles. The number of pyridine rings is 1. The highest BCUT2D eigenvalue weighted by atomic mass is 15.2. The first kappa shape index (κ1) is 12.4. The van der Waals surface area contributed by atoms with Gasteiger partial charge in [-0.1, -0.05) is 6.92 Å². The van der Waals surface area contributed by atoms with Crippen molar-refractivity contribution in [3.8, 4) is 0 Å². The van der Waals surface area contributed by atoms with Gasteiger partial charge in [0.05, 0.1) is 17.6 Å². The summed E-state index contributed by atoms with van der Waals surface area (Å²) in [6.45, 7) is 7.75. The molecule has 2 N–H and O–H groups in total. The Kier molecular flexibility index (Phi) is 3.67. The maximum atomic E-state index is 5.82. The summed E-state index contributed by atoms with van der Waals surface area (Å²) >= 11 is 0. The van der Waals surface area contributed by atoms with E-state index in [1.807, 2.05) is 19.2 Å². The van der Waals surface area contributed by atoms with Crippen molar-refractivity contribution < 1.29 is 0 Å². The van der Waals surface area contributed by atoms with Crippen molar-refractivity contribution in [3.63, 3.8) is 0 Å². The molecule has 2 heterocycles. The minimum atomic E-state index is 0.0155. The van der Waals surface area contributed by atoms with Gasteiger partial charge in [0.2, 0.25) is 0 Å². The monoisotopic (exact) mass is 233 g/mol. The molecule has 94 valence electrons. The molecule has 0 amide bonds. The minimum absolute atomic E-state index is 0.0155. The Labute approximate surface area is 104 Å². The summed E-state index contributed by atoms with van der Waals surface area (Å²) < 4.78 is 0. The average Bonchev–Trinajstić information content (AvgIpc) is 2.33. The quantitative estimate of drug-likeness (QED) is 0.854. The molecular formula is C14H23N3. The van der Waals surface area contributed by atoms with Gasteiger partial charge in [-0.3, -0.25) is 4.98 Å². The second kappa shape index (κ2) is 5.05. The van der Waals surface area contributed by atoms with Gasteiger partial charge in [-0.25, -0.2) is 0 Å². The van der Waals surface area contributed by atoms with E-state index < -0.39 is 0 Å². The number of anilines is 1. The summed E-state index contributed by atoms with van der Waals surface area (Å²) in [7, 11) is 0. The van der Waals surface area contributed by atoms with Crippen LogP contribution in [-0.2, 0) is 0 Å². The van der Waals surface area contributed by atoms with Gasteiger partial charge in [0.25, 0.3) is 0 Å². The molecule has 1 fully saturated rings. The van der Waals surface area contributed by atoms with Gasteiger partial charge < -0.3 is 10.6 Å². The van der Waals surface area contributed by atoms with Crippen LogP contribution < -0.4 is 10.6 Å². The van der Waals surface area contributed by atoms with Crippen LogP contribution in [0.25, 0.3) is 0 Å². The number of hydrogen-bond acceptors (Lipinski definition) is 3. The van der Waals surface area contributed by atoms with Crippen LogP contribution in [0.5, 0.6) is 0 Å². The van der Waals surface area contributed by atoms with E-state index in [9.17, 15) is 0 Å². The molecule has 3 heteroatoms. The van der Waals surface area contributed by atoms with E-state index in [4.69, 9.17) is 5.73 Å². The predicted molar refractivity (Wildman–Crippen MR) is 72.0 cm³/mol. The first-order valence-electron chi connectivity index (χ1n) is 6.57. The zero-order valence-corrected chi connectivity index (χ0v) is 11.1. The van der Waals surface area contributed by atoms with Crippen molar-refractivity contribution in [2.75, 3.05) is 11.4 Å². The molecule has 3 atom stereocenters. The molecule has 0 spiro atoms. The highest BCUT2D eigenvalue weighted by molar-refractivity contribution is 5.46. The van der Waals surface area contributed by atoms with Crippen molar-refractivity contribution in [2.45, 2.75) is 45.7 Å². The molecular weight excluding hydrogens is 210 g/mol. The first-order chi connectivity index (χ1) is 8.09. The summed E-state index contributed by atoms with van der Waals surface area (Å²) in [5.41, 5.74) is 8.01. The number of nitrogens with two attached hydrogens (primary N) is 1. The van der Waals surface area contributed by atoms with Crippen LogP contribution in [0.15, 0.2) is 18.3 Å². The highest BCUT2D eigenvalue weighted by Crippen LogP contribution is 2.28. The largest absolute Gasteiger partial charge is 0.367 e. The van der Waals surface area contributed by atoms with E-state index in [0.717, 1.165) is 18.2 Å². The second-order valence-electron chi connectivity index (χ2n) is 5.28. The van der Waals surface area contributed by atoms with Crippen LogP contribution in [-0.4, -0.2) is 17.6 Å². The molecule has 1 aliphatic rings. The summed E-state index contributed by atoms with van der Waals surface area (Å²) in [6, 6.07) is 4.82. The standard InChI is InChI=1S/C14H23N3/c1-10-5-4-8-17(12(10)3)13-6-7-14(11(2)15)16-9-13/h6-7,9-12H,4-5,8,15H2,1-3H3/t10?,11-,12?/m1/s1. The number of nitrogens with zero attached hydrogens (tertiary/aromatic N) is 2. The van der Waals surface area contributed by atoms with Crippen LogP contribution in [0.4, 0.5) is 5.69 Å². The number of hydrogen-bond donors (Lipinski definition) is 1. The Balaban J connectivity index is 2.16. The molecule has 0 saturated carbocycles. The van der Waals surface area contributed by atoms with Gasteiger partial charge >= 0.3 is 0 Å². The van der Waals surface area contributed by atoms with E-state index in [0.29, 0.717) is 6.04 Å². The van der Waals surface area contributed by atoms with Crippen LogP contribution in [0, 0.1) is 5.92 Å². The van der Waals surface area contributed by atoms with Gasteiger partial charge in [-0.2, -0.15) is 0 Å². The lowest BCUT2D eigenvalue weighted by Gasteiger charge is -2.39. The van der Waals surface area contributed by atoms with Crippen LogP contribution in [0.3, 0.4) is 0 Å². The van der Waals surface area contributed by atoms with Gasteiger partial charge in [-0.05, 0) is 44.7 Å². The molecule has 0 radical (unpaired) electrons. The van der Waals surface area contributed by atoms with E-state index in [1.54, 1.807) is 0 Å². The summed E-state index contributed by atoms with van der Waals surface area (Å²) in [5.74, 6) is 0.761. The highest BCUT2D eigenvalue weighted by Gasteiger charge is 2.24. The summed E-state index contributed by atoms with van der Waals surface area (Å²) in [6.07, 6.45) is 4.58. The lowest BCUT2D eigenvalue weighted by atomic mass is 9.92. The first-order valence-corrected chi connectivity index (χ1v) is 6.57. The minimum Gasteiger partial charge on any atom is -0.367 e. The normalized spacial score (nSPS) is 26.9. The fourth-order valence-electron chi connectivity index (χ4n) is 2.54. The molecule has 0 aliphatic carbocycles. The topological polar surface area (TPSA) is 42.1 Å². The SMILES string of the molecule is CC1CCCN(c2ccc([C@@H](C)N)nc2)C1C. The van der Waals surface area contributed by atoms with Gasteiger partial charge in [0, 0.05) is 18.6 Å². The van der Waals surface area contributed by atoms with E-state index in [2.05, 4.69) is 29.8 Å². The van der Waals surface area contributed by atoms with Crippen molar-refractivity contribution in [1.82, 2.24) is 4.98 Å². The van der Waals surface area contributed by atoms with E-state index >= 15 is 0 Å². The van der Waals surface area contributed by atoms with Crippen LogP contribution in [0.1, 0.15) is 45.3 Å². The zero-order valence-electron chi connectivity index (χ0n) is 11.1. The molecule has 17 heavy (non-hydrogen) atoms. The molecule has 1 aliphatic heterocycles. The third-order valence-corrected chi connectivity index (χ3v) is 3.94. The molecule has 2 unspecified atom stereocenters. The summed E-state index contributed by atoms with van der Waals surface area (Å²) in [4.78, 5) is 6.91. The van der Waals surface area contributed by atoms with Crippen molar-refractivity contribution in [1.29, 1.82) is 0 Å². The molecule has 0 bridgehead atoms. The van der Waals surface area contributed by atoms with E-state index in [-0.39, 0.29) is 6.04 Å². The predicted octanol–water partition coefficient (Wildman–Crippen LogP) is 2.73. The van der Waals surface area contributed by atoms with Crippen molar-refractivity contribution in [3.05, 3.63) is 24.0 Å². The maximum Gasteiger partial charge on any atom is 0.0569 e. The Morgan fingerprint density at radius 1 is 1.41 bits per heavy atom. The molecule has 1 aromatic rings. The Morgan fingerprint density at radius 3 is 2.76 bits per heavy atom. The van der Waals surface area contributed by atoms with Crippen LogP contribution >= 0.6 is 0 Å². The third-order valence-electron chi connectivity index (χ3n) is 3.94. The number of piperidine rings is 1. The molecule has 1 aromatic heterocycles. The number of aromatic nitrogens is 1. The maximum absolute atomic E-state index is 5.82. The zero-order chi connectivity index (χ0) is 12.4.